The van der Waals surface area contributed by atoms with Crippen LogP contribution >= 0.6 is 11.3 Å². The third kappa shape index (κ3) is 4.41. The summed E-state index contributed by atoms with van der Waals surface area (Å²) in [6.07, 6.45) is 0.945. The summed E-state index contributed by atoms with van der Waals surface area (Å²) in [5, 5.41) is 3.28. The molecule has 0 radical (unpaired) electrons. The molecule has 2 rings (SSSR count). The Hall–Kier alpha value is -1.15. The average Bonchev–Trinajstić information content (AvgIpc) is 3.06. The van der Waals surface area contributed by atoms with Gasteiger partial charge in [-0.25, -0.2) is 13.1 Å². The van der Waals surface area contributed by atoms with E-state index in [1.165, 1.54) is 22.9 Å². The second-order valence-electron chi connectivity index (χ2n) is 4.93. The Morgan fingerprint density at radius 2 is 2.05 bits per heavy atom. The quantitative estimate of drug-likeness (QED) is 0.818. The monoisotopic (exact) mass is 328 g/mol. The number of sulfonamides is 1. The normalized spacial score (nSPS) is 13.5. The van der Waals surface area contributed by atoms with Crippen molar-refractivity contribution in [3.8, 4) is 0 Å². The zero-order chi connectivity index (χ0) is 15.5. The van der Waals surface area contributed by atoms with Crippen LogP contribution in [0.5, 0.6) is 0 Å². The van der Waals surface area contributed by atoms with Crippen molar-refractivity contribution < 1.29 is 12.8 Å². The fourth-order valence-electron chi connectivity index (χ4n) is 1.94. The number of aryl methyl sites for hydroxylation is 1. The molecule has 0 aliphatic rings. The predicted molar refractivity (Wildman–Crippen MR) is 84.0 cm³/mol. The minimum absolute atomic E-state index is 0.0525. The van der Waals surface area contributed by atoms with Crippen LogP contribution in [0, 0.1) is 6.92 Å². The van der Waals surface area contributed by atoms with E-state index in [-0.39, 0.29) is 11.1 Å². The van der Waals surface area contributed by atoms with Crippen LogP contribution in [0.1, 0.15) is 22.4 Å². The Morgan fingerprint density at radius 3 is 2.67 bits per heavy atom. The first-order valence-corrected chi connectivity index (χ1v) is 9.01. The molecule has 0 bridgehead atoms. The van der Waals surface area contributed by atoms with Gasteiger partial charge >= 0.3 is 0 Å². The summed E-state index contributed by atoms with van der Waals surface area (Å²) in [4.78, 5) is 2.65. The third-order valence-corrected chi connectivity index (χ3v) is 5.41. The first-order chi connectivity index (χ1) is 9.90. The van der Waals surface area contributed by atoms with Crippen molar-refractivity contribution >= 4 is 21.4 Å². The molecule has 2 heterocycles. The highest BCUT2D eigenvalue weighted by Gasteiger charge is 2.16. The average molecular weight is 328 g/mol. The van der Waals surface area contributed by atoms with Crippen LogP contribution in [0.4, 0.5) is 0 Å². The van der Waals surface area contributed by atoms with Gasteiger partial charge < -0.3 is 9.73 Å². The van der Waals surface area contributed by atoms with E-state index in [0.29, 0.717) is 12.3 Å². The van der Waals surface area contributed by atoms with Crippen molar-refractivity contribution in [2.75, 3.05) is 7.05 Å². The van der Waals surface area contributed by atoms with Crippen molar-refractivity contribution in [3.05, 3.63) is 39.8 Å². The summed E-state index contributed by atoms with van der Waals surface area (Å²) in [5.74, 6) is 0.609. The van der Waals surface area contributed by atoms with Gasteiger partial charge in [-0.05, 0) is 51.6 Å². The molecule has 0 aliphatic carbocycles. The van der Waals surface area contributed by atoms with E-state index in [2.05, 4.69) is 36.0 Å². The Kier molecular flexibility index (Phi) is 5.21. The Labute approximate surface area is 129 Å². The molecule has 0 spiro atoms. The van der Waals surface area contributed by atoms with E-state index >= 15 is 0 Å². The molecule has 2 N–H and O–H groups in total. The van der Waals surface area contributed by atoms with Gasteiger partial charge in [-0.15, -0.1) is 11.3 Å². The lowest BCUT2D eigenvalue weighted by molar-refractivity contribution is 0.390. The van der Waals surface area contributed by atoms with Gasteiger partial charge in [-0.2, -0.15) is 0 Å². The second-order valence-corrected chi connectivity index (χ2v) is 8.12. The lowest BCUT2D eigenvalue weighted by atomic mass is 10.2. The molecule has 1 unspecified atom stereocenters. The highest BCUT2D eigenvalue weighted by atomic mass is 32.2. The highest BCUT2D eigenvalue weighted by Crippen LogP contribution is 2.17. The summed E-state index contributed by atoms with van der Waals surface area (Å²) in [5.41, 5.74) is 0. The summed E-state index contributed by atoms with van der Waals surface area (Å²) >= 11 is 1.80. The van der Waals surface area contributed by atoms with Gasteiger partial charge in [0.05, 0.1) is 6.54 Å². The molecule has 116 valence electrons. The van der Waals surface area contributed by atoms with Crippen molar-refractivity contribution in [3.63, 3.8) is 0 Å². The summed E-state index contributed by atoms with van der Waals surface area (Å²) in [6, 6.07) is 7.70. The number of thiophene rings is 1. The Balaban J connectivity index is 1.88. The molecular formula is C14H20N2O3S2. The molecule has 0 saturated carbocycles. The number of nitrogens with one attached hydrogen (secondary N) is 2. The molecule has 2 aromatic heterocycles. The smallest absolute Gasteiger partial charge is 0.273 e. The van der Waals surface area contributed by atoms with Crippen LogP contribution in [0.2, 0.25) is 0 Å². The van der Waals surface area contributed by atoms with Crippen molar-refractivity contribution in [1.29, 1.82) is 0 Å². The molecule has 0 saturated heterocycles. The lowest BCUT2D eigenvalue weighted by Gasteiger charge is -2.11. The van der Waals surface area contributed by atoms with Crippen LogP contribution < -0.4 is 10.0 Å². The van der Waals surface area contributed by atoms with Gasteiger partial charge in [0.1, 0.15) is 5.76 Å². The fraction of sp³-hybridized carbons (Fsp3) is 0.429. The van der Waals surface area contributed by atoms with Gasteiger partial charge in [-0.3, -0.25) is 0 Å². The fourth-order valence-corrected chi connectivity index (χ4v) is 3.63. The minimum atomic E-state index is -3.50. The molecule has 0 fully saturated rings. The van der Waals surface area contributed by atoms with E-state index < -0.39 is 10.0 Å². The largest absolute Gasteiger partial charge is 0.447 e. The van der Waals surface area contributed by atoms with Crippen molar-refractivity contribution in [2.24, 2.45) is 0 Å². The third-order valence-electron chi connectivity index (χ3n) is 3.10. The SMILES string of the molecule is CNS(=O)(=O)c1ccc(CNC(C)Cc2ccc(C)s2)o1. The van der Waals surface area contributed by atoms with E-state index in [1.54, 1.807) is 17.4 Å². The van der Waals surface area contributed by atoms with E-state index in [1.807, 2.05) is 0 Å². The van der Waals surface area contributed by atoms with Crippen LogP contribution in [0.15, 0.2) is 33.8 Å². The first kappa shape index (κ1) is 16.2. The zero-order valence-corrected chi connectivity index (χ0v) is 14.0. The predicted octanol–water partition coefficient (Wildman–Crippen LogP) is 2.28. The number of hydrogen-bond acceptors (Lipinski definition) is 5. The number of hydrogen-bond donors (Lipinski definition) is 2. The molecule has 7 heteroatoms. The molecule has 2 aromatic rings. The van der Waals surface area contributed by atoms with E-state index in [9.17, 15) is 8.42 Å². The maximum absolute atomic E-state index is 11.6. The van der Waals surface area contributed by atoms with Gasteiger partial charge in [0.25, 0.3) is 10.0 Å². The number of furan rings is 1. The molecule has 0 amide bonds. The van der Waals surface area contributed by atoms with Crippen molar-refractivity contribution in [1.82, 2.24) is 10.0 Å². The van der Waals surface area contributed by atoms with Gasteiger partial charge in [0, 0.05) is 15.8 Å². The second kappa shape index (κ2) is 6.74. The summed E-state index contributed by atoms with van der Waals surface area (Å²) in [7, 11) is -2.14. The maximum Gasteiger partial charge on any atom is 0.273 e. The van der Waals surface area contributed by atoms with E-state index in [4.69, 9.17) is 4.42 Å². The van der Waals surface area contributed by atoms with Crippen molar-refractivity contribution in [2.45, 2.75) is 37.9 Å². The highest BCUT2D eigenvalue weighted by molar-refractivity contribution is 7.89. The van der Waals surface area contributed by atoms with Crippen LogP contribution in [-0.4, -0.2) is 21.5 Å². The van der Waals surface area contributed by atoms with Crippen LogP contribution in [-0.2, 0) is 23.0 Å². The summed E-state index contributed by atoms with van der Waals surface area (Å²) in [6.45, 7) is 4.70. The minimum Gasteiger partial charge on any atom is -0.447 e. The van der Waals surface area contributed by atoms with Crippen LogP contribution in [0.3, 0.4) is 0 Å². The molecule has 1 atom stereocenters. The molecule has 21 heavy (non-hydrogen) atoms. The van der Waals surface area contributed by atoms with Crippen LogP contribution in [0.25, 0.3) is 0 Å². The summed E-state index contributed by atoms with van der Waals surface area (Å²) < 4.78 is 30.7. The maximum atomic E-state index is 11.6. The Morgan fingerprint density at radius 1 is 1.29 bits per heavy atom. The lowest BCUT2D eigenvalue weighted by Crippen LogP contribution is -2.27. The standard InChI is InChI=1S/C14H20N2O3S2/c1-10(8-13-6-4-11(2)20-13)16-9-12-5-7-14(19-12)21(17,18)15-3/h4-7,10,15-16H,8-9H2,1-3H3. The Bertz CT molecular complexity index is 689. The number of rotatable bonds is 7. The first-order valence-electron chi connectivity index (χ1n) is 6.71. The zero-order valence-electron chi connectivity index (χ0n) is 12.3. The molecule has 0 aliphatic heterocycles. The van der Waals surface area contributed by atoms with Gasteiger partial charge in [0.2, 0.25) is 5.09 Å². The molecular weight excluding hydrogens is 308 g/mol. The van der Waals surface area contributed by atoms with Gasteiger partial charge in [0.15, 0.2) is 0 Å². The van der Waals surface area contributed by atoms with Gasteiger partial charge in [-0.1, -0.05) is 0 Å². The van der Waals surface area contributed by atoms with E-state index in [0.717, 1.165) is 6.42 Å². The molecule has 0 aromatic carbocycles. The topological polar surface area (TPSA) is 71.3 Å². The molecule has 5 nitrogen and oxygen atoms in total.